The minimum Gasteiger partial charge on any atom is -0.344 e. The molecule has 0 fully saturated rings. The number of fused-ring (bicyclic) bond motifs is 5. The lowest BCUT2D eigenvalue weighted by Gasteiger charge is -2.48. The minimum absolute atomic E-state index is 0.130. The first-order chi connectivity index (χ1) is 13.0. The van der Waals surface area contributed by atoms with E-state index in [1.165, 1.54) is 11.3 Å². The fourth-order valence-corrected chi connectivity index (χ4v) is 5.54. The predicted molar refractivity (Wildman–Crippen MR) is 113 cm³/mol. The topological polar surface area (TPSA) is 32.3 Å². The number of hydrogen-bond acceptors (Lipinski definition) is 4. The number of para-hydroxylation sites is 1. The summed E-state index contributed by atoms with van der Waals surface area (Å²) in [7, 11) is 0. The Morgan fingerprint density at radius 2 is 1.89 bits per heavy atom. The Morgan fingerprint density at radius 3 is 2.56 bits per heavy atom. The second-order valence-electron chi connectivity index (χ2n) is 8.70. The van der Waals surface area contributed by atoms with Crippen molar-refractivity contribution in [3.8, 4) is 0 Å². The smallest absolute Gasteiger partial charge is 0.161 e. The average molecular weight is 365 g/mol. The molecule has 2 aliphatic heterocycles. The van der Waals surface area contributed by atoms with Gasteiger partial charge in [-0.3, -0.25) is 0 Å². The normalized spacial score (nSPS) is 29.4. The molecule has 0 saturated heterocycles. The van der Waals surface area contributed by atoms with E-state index in [0.29, 0.717) is 17.9 Å². The summed E-state index contributed by atoms with van der Waals surface area (Å²) in [6.07, 6.45) is 6.23. The molecule has 2 aromatic rings. The van der Waals surface area contributed by atoms with Gasteiger partial charge >= 0.3 is 0 Å². The van der Waals surface area contributed by atoms with Gasteiger partial charge in [0.15, 0.2) is 5.82 Å². The van der Waals surface area contributed by atoms with Gasteiger partial charge < -0.3 is 9.80 Å². The summed E-state index contributed by atoms with van der Waals surface area (Å²) in [6.45, 7) is 14.2. The van der Waals surface area contributed by atoms with Crippen molar-refractivity contribution in [3.05, 3.63) is 42.4 Å². The quantitative estimate of drug-likeness (QED) is 0.696. The Bertz CT molecular complexity index is 833. The molecule has 4 nitrogen and oxygen atoms in total. The maximum absolute atomic E-state index is 4.77. The third-order valence-electron chi connectivity index (χ3n) is 7.27. The average Bonchev–Trinajstić information content (AvgIpc) is 3.00. The van der Waals surface area contributed by atoms with Gasteiger partial charge in [0.2, 0.25) is 0 Å². The molecule has 4 heteroatoms. The highest BCUT2D eigenvalue weighted by Gasteiger charge is 2.54. The molecule has 4 rings (SSSR count). The minimum atomic E-state index is 0.130. The molecule has 27 heavy (non-hydrogen) atoms. The van der Waals surface area contributed by atoms with Gasteiger partial charge in [-0.1, -0.05) is 45.9 Å². The van der Waals surface area contributed by atoms with Gasteiger partial charge in [0.05, 0.1) is 6.20 Å². The Labute approximate surface area is 163 Å². The van der Waals surface area contributed by atoms with Crippen LogP contribution in [0.15, 0.2) is 36.8 Å². The molecule has 1 aromatic heterocycles. The van der Waals surface area contributed by atoms with E-state index in [2.05, 4.69) is 80.6 Å². The first kappa shape index (κ1) is 18.3. The molecule has 0 radical (unpaired) electrons. The van der Waals surface area contributed by atoms with Crippen molar-refractivity contribution in [1.29, 1.82) is 0 Å². The molecule has 0 bridgehead atoms. The number of aromatic nitrogens is 2. The van der Waals surface area contributed by atoms with Crippen molar-refractivity contribution >= 4 is 17.2 Å². The number of rotatable bonds is 3. The van der Waals surface area contributed by atoms with Gasteiger partial charge in [0.25, 0.3) is 0 Å². The van der Waals surface area contributed by atoms with Crippen LogP contribution in [0.3, 0.4) is 0 Å². The predicted octanol–water partition coefficient (Wildman–Crippen LogP) is 5.73. The number of nitrogens with zero attached hydrogens (tertiary/aromatic N) is 4. The zero-order valence-electron chi connectivity index (χ0n) is 17.5. The van der Waals surface area contributed by atoms with Crippen LogP contribution >= 0.6 is 0 Å². The Morgan fingerprint density at radius 1 is 1.15 bits per heavy atom. The van der Waals surface area contributed by atoms with Crippen LogP contribution in [0.1, 0.15) is 65.9 Å². The van der Waals surface area contributed by atoms with Crippen LogP contribution in [0.25, 0.3) is 0 Å². The van der Waals surface area contributed by atoms with Crippen molar-refractivity contribution in [3.63, 3.8) is 0 Å². The molecule has 4 atom stereocenters. The summed E-state index contributed by atoms with van der Waals surface area (Å²) in [5, 5.41) is 0. The zero-order valence-corrected chi connectivity index (χ0v) is 17.5. The van der Waals surface area contributed by atoms with E-state index in [9.17, 15) is 0 Å². The Kier molecular flexibility index (Phi) is 4.40. The third-order valence-corrected chi connectivity index (χ3v) is 7.27. The van der Waals surface area contributed by atoms with Gasteiger partial charge in [-0.05, 0) is 50.2 Å². The molecular weight excluding hydrogens is 332 g/mol. The number of benzene rings is 1. The summed E-state index contributed by atoms with van der Waals surface area (Å²) in [6, 6.07) is 9.36. The van der Waals surface area contributed by atoms with Crippen LogP contribution in [0.5, 0.6) is 0 Å². The highest BCUT2D eigenvalue weighted by molar-refractivity contribution is 5.82. The lowest BCUT2D eigenvalue weighted by atomic mass is 9.66. The van der Waals surface area contributed by atoms with Crippen molar-refractivity contribution in [2.45, 2.75) is 72.5 Å². The summed E-state index contributed by atoms with van der Waals surface area (Å²) < 4.78 is 0. The van der Waals surface area contributed by atoms with E-state index in [1.807, 2.05) is 6.20 Å². The highest BCUT2D eigenvalue weighted by Crippen LogP contribution is 2.58. The monoisotopic (exact) mass is 364 g/mol. The second-order valence-corrected chi connectivity index (χ2v) is 8.70. The van der Waals surface area contributed by atoms with Crippen LogP contribution in [-0.4, -0.2) is 22.2 Å². The molecule has 0 saturated carbocycles. The van der Waals surface area contributed by atoms with E-state index < -0.39 is 0 Å². The second kappa shape index (κ2) is 6.50. The molecule has 0 amide bonds. The fourth-order valence-electron chi connectivity index (χ4n) is 5.54. The Hall–Kier alpha value is -2.10. The van der Waals surface area contributed by atoms with E-state index in [1.54, 1.807) is 6.33 Å². The van der Waals surface area contributed by atoms with Gasteiger partial charge in [-0.15, -0.1) is 0 Å². The highest BCUT2D eigenvalue weighted by atomic mass is 15.5. The van der Waals surface area contributed by atoms with E-state index >= 15 is 0 Å². The lowest BCUT2D eigenvalue weighted by molar-refractivity contribution is 0.123. The summed E-state index contributed by atoms with van der Waals surface area (Å²) in [5.41, 5.74) is 4.07. The van der Waals surface area contributed by atoms with Gasteiger partial charge in [-0.2, -0.15) is 0 Å². The summed E-state index contributed by atoms with van der Waals surface area (Å²) in [4.78, 5) is 14.2. The van der Waals surface area contributed by atoms with Crippen molar-refractivity contribution in [2.24, 2.45) is 11.3 Å². The van der Waals surface area contributed by atoms with Crippen LogP contribution in [-0.2, 0) is 0 Å². The number of anilines is 3. The molecule has 4 unspecified atom stereocenters. The molecule has 0 N–H and O–H groups in total. The van der Waals surface area contributed by atoms with Crippen molar-refractivity contribution in [1.82, 2.24) is 9.97 Å². The standard InChI is InChI=1S/C23H32N4/c1-7-17-16(5)23(6,8-2)22-26(15(3)4)20-13-24-14-25-21(20)27(22)19-12-10-9-11-18(17)19/h9-17,22H,7-8H2,1-6H3. The van der Waals surface area contributed by atoms with Crippen LogP contribution in [0.2, 0.25) is 0 Å². The molecule has 144 valence electrons. The van der Waals surface area contributed by atoms with Crippen molar-refractivity contribution < 1.29 is 0 Å². The maximum Gasteiger partial charge on any atom is 0.161 e. The SMILES string of the molecule is CCC1c2ccccc2N2c3ncncc3N(C(C)C)C2C(C)(CC)C1C. The molecule has 1 aromatic carbocycles. The fraction of sp³-hybridized carbons (Fsp3) is 0.565. The lowest BCUT2D eigenvalue weighted by Crippen LogP contribution is -2.56. The summed E-state index contributed by atoms with van der Waals surface area (Å²) in [5.74, 6) is 2.17. The van der Waals surface area contributed by atoms with Gasteiger partial charge in [0, 0.05) is 17.1 Å². The molecule has 2 aliphatic rings. The molecule has 0 aliphatic carbocycles. The van der Waals surface area contributed by atoms with Gasteiger partial charge in [0.1, 0.15) is 18.2 Å². The third kappa shape index (κ3) is 2.41. The van der Waals surface area contributed by atoms with E-state index in [0.717, 1.165) is 24.3 Å². The van der Waals surface area contributed by atoms with Crippen LogP contribution in [0.4, 0.5) is 17.2 Å². The maximum atomic E-state index is 4.77. The van der Waals surface area contributed by atoms with Crippen LogP contribution in [0, 0.1) is 11.3 Å². The van der Waals surface area contributed by atoms with Crippen LogP contribution < -0.4 is 9.80 Å². The zero-order chi connectivity index (χ0) is 19.3. The molecular formula is C23H32N4. The first-order valence-corrected chi connectivity index (χ1v) is 10.4. The van der Waals surface area contributed by atoms with Crippen molar-refractivity contribution in [2.75, 3.05) is 9.80 Å². The van der Waals surface area contributed by atoms with E-state index in [4.69, 9.17) is 4.98 Å². The Balaban J connectivity index is 2.05. The van der Waals surface area contributed by atoms with E-state index in [-0.39, 0.29) is 11.6 Å². The van der Waals surface area contributed by atoms with Gasteiger partial charge in [-0.25, -0.2) is 9.97 Å². The summed E-state index contributed by atoms with van der Waals surface area (Å²) >= 11 is 0. The largest absolute Gasteiger partial charge is 0.344 e. The molecule has 0 spiro atoms. The number of hydrogen-bond donors (Lipinski definition) is 0. The first-order valence-electron chi connectivity index (χ1n) is 10.4. The molecule has 3 heterocycles.